The van der Waals surface area contributed by atoms with Crippen LogP contribution in [0.15, 0.2) is 77.7 Å². The highest BCUT2D eigenvalue weighted by molar-refractivity contribution is 7.92. The van der Waals surface area contributed by atoms with Crippen LogP contribution in [-0.4, -0.2) is 66.1 Å². The molecule has 208 valence electrons. The van der Waals surface area contributed by atoms with Gasteiger partial charge >= 0.3 is 0 Å². The van der Waals surface area contributed by atoms with E-state index in [0.29, 0.717) is 17.1 Å². The van der Waals surface area contributed by atoms with E-state index in [0.717, 1.165) is 4.31 Å². The number of ether oxygens (including phenoxy) is 3. The van der Waals surface area contributed by atoms with Crippen LogP contribution in [0.1, 0.15) is 12.5 Å². The summed E-state index contributed by atoms with van der Waals surface area (Å²) >= 11 is 0. The summed E-state index contributed by atoms with van der Waals surface area (Å²) in [4.78, 5) is 27.8. The summed E-state index contributed by atoms with van der Waals surface area (Å²) in [6, 6.07) is 18.6. The van der Waals surface area contributed by atoms with Gasteiger partial charge in [0, 0.05) is 13.6 Å². The molecule has 0 aliphatic heterocycles. The van der Waals surface area contributed by atoms with Crippen molar-refractivity contribution in [3.05, 3.63) is 78.4 Å². The highest BCUT2D eigenvalue weighted by Gasteiger charge is 2.33. The Labute approximate surface area is 229 Å². The number of nitrogens with one attached hydrogen (secondary N) is 1. The first-order chi connectivity index (χ1) is 18.7. The van der Waals surface area contributed by atoms with Gasteiger partial charge in [-0.05, 0) is 61.0 Å². The molecule has 10 nitrogen and oxygen atoms in total. The van der Waals surface area contributed by atoms with E-state index in [1.54, 1.807) is 55.5 Å². The van der Waals surface area contributed by atoms with Crippen LogP contribution in [0.25, 0.3) is 0 Å². The molecule has 3 aromatic carbocycles. The maximum absolute atomic E-state index is 13.9. The Bertz CT molecular complexity index is 1390. The molecule has 2 amide bonds. The number of benzene rings is 3. The second-order valence-corrected chi connectivity index (χ2v) is 10.4. The van der Waals surface area contributed by atoms with Crippen molar-refractivity contribution >= 4 is 27.5 Å². The summed E-state index contributed by atoms with van der Waals surface area (Å²) in [5, 5.41) is 2.56. The molecule has 0 aliphatic rings. The topological polar surface area (TPSA) is 114 Å². The molecule has 0 saturated carbocycles. The summed E-state index contributed by atoms with van der Waals surface area (Å²) in [7, 11) is 1.66. The quantitative estimate of drug-likeness (QED) is 0.365. The van der Waals surface area contributed by atoms with Gasteiger partial charge in [-0.15, -0.1) is 0 Å². The van der Waals surface area contributed by atoms with Gasteiger partial charge in [-0.3, -0.25) is 13.9 Å². The number of likely N-dealkylation sites (N-methyl/N-ethyl adjacent to an activating group) is 1. The Morgan fingerprint density at radius 3 is 2.15 bits per heavy atom. The number of para-hydroxylation sites is 2. The average molecular weight is 556 g/mol. The van der Waals surface area contributed by atoms with E-state index in [4.69, 9.17) is 14.2 Å². The van der Waals surface area contributed by atoms with Gasteiger partial charge in [0.25, 0.3) is 10.0 Å². The van der Waals surface area contributed by atoms with Gasteiger partial charge in [-0.1, -0.05) is 24.3 Å². The van der Waals surface area contributed by atoms with E-state index in [1.165, 1.54) is 57.5 Å². The smallest absolute Gasteiger partial charge is 0.264 e. The number of hydrogen-bond donors (Lipinski definition) is 1. The zero-order chi connectivity index (χ0) is 28.6. The Balaban J connectivity index is 2.07. The predicted octanol–water partition coefficient (Wildman–Crippen LogP) is 3.07. The largest absolute Gasteiger partial charge is 0.497 e. The molecule has 3 rings (SSSR count). The number of sulfonamides is 1. The lowest BCUT2D eigenvalue weighted by molar-refractivity contribution is -0.139. The first-order valence-corrected chi connectivity index (χ1v) is 13.5. The molecule has 0 fully saturated rings. The standard InChI is InChI=1S/C28H33N3O7S/c1-20(28(33)29-2)30(18-21-9-8-10-23(17-21)37-4)27(32)19-31(25-11-6-7-12-26(25)38-5)39(34,35)24-15-13-22(36-3)14-16-24/h6-17,20H,18-19H2,1-5H3,(H,29,33)/t20-/m0/s1. The van der Waals surface area contributed by atoms with Gasteiger partial charge in [0.2, 0.25) is 11.8 Å². The molecule has 1 atom stereocenters. The van der Waals surface area contributed by atoms with Crippen molar-refractivity contribution in [3.63, 3.8) is 0 Å². The maximum Gasteiger partial charge on any atom is 0.264 e. The van der Waals surface area contributed by atoms with Crippen LogP contribution < -0.4 is 23.8 Å². The van der Waals surface area contributed by atoms with Gasteiger partial charge in [0.05, 0.1) is 31.9 Å². The number of carbonyl (C=O) groups excluding carboxylic acids is 2. The number of anilines is 1. The van der Waals surface area contributed by atoms with Crippen molar-refractivity contribution in [2.75, 3.05) is 39.2 Å². The number of hydrogen-bond acceptors (Lipinski definition) is 7. The second-order valence-electron chi connectivity index (χ2n) is 8.52. The fourth-order valence-electron chi connectivity index (χ4n) is 3.98. The van der Waals surface area contributed by atoms with Crippen LogP contribution in [0.2, 0.25) is 0 Å². The molecule has 11 heteroatoms. The minimum atomic E-state index is -4.25. The molecule has 0 aliphatic carbocycles. The summed E-state index contributed by atoms with van der Waals surface area (Å²) in [6.45, 7) is 1.05. The molecule has 39 heavy (non-hydrogen) atoms. The Kier molecular flexibility index (Phi) is 9.78. The van der Waals surface area contributed by atoms with Gasteiger partial charge in [-0.2, -0.15) is 0 Å². The van der Waals surface area contributed by atoms with Crippen molar-refractivity contribution < 1.29 is 32.2 Å². The lowest BCUT2D eigenvalue weighted by atomic mass is 10.1. The highest BCUT2D eigenvalue weighted by atomic mass is 32.2. The number of nitrogens with zero attached hydrogens (tertiary/aromatic N) is 2. The van der Waals surface area contributed by atoms with Crippen molar-refractivity contribution in [3.8, 4) is 17.2 Å². The summed E-state index contributed by atoms with van der Waals surface area (Å²) in [5.74, 6) is 0.356. The van der Waals surface area contributed by atoms with E-state index in [-0.39, 0.29) is 22.9 Å². The molecule has 0 saturated heterocycles. The highest BCUT2D eigenvalue weighted by Crippen LogP contribution is 2.33. The third-order valence-corrected chi connectivity index (χ3v) is 7.95. The fourth-order valence-corrected chi connectivity index (χ4v) is 5.41. The number of amides is 2. The van der Waals surface area contributed by atoms with Crippen molar-refractivity contribution in [1.29, 1.82) is 0 Å². The molecule has 0 aromatic heterocycles. The van der Waals surface area contributed by atoms with E-state index in [1.807, 2.05) is 0 Å². The summed E-state index contributed by atoms with van der Waals surface area (Å²) < 4.78 is 44.7. The van der Waals surface area contributed by atoms with Gasteiger partial charge < -0.3 is 24.4 Å². The zero-order valence-electron chi connectivity index (χ0n) is 22.6. The minimum Gasteiger partial charge on any atom is -0.497 e. The summed E-state index contributed by atoms with van der Waals surface area (Å²) in [5.41, 5.74) is 0.887. The lowest BCUT2D eigenvalue weighted by Crippen LogP contribution is -2.50. The first kappa shape index (κ1) is 29.3. The lowest BCUT2D eigenvalue weighted by Gasteiger charge is -2.32. The molecule has 0 spiro atoms. The van der Waals surface area contributed by atoms with Crippen LogP contribution >= 0.6 is 0 Å². The van der Waals surface area contributed by atoms with Crippen LogP contribution in [-0.2, 0) is 26.2 Å². The van der Waals surface area contributed by atoms with Gasteiger partial charge in [0.15, 0.2) is 0 Å². The SMILES string of the molecule is CNC(=O)[C@H](C)N(Cc1cccc(OC)c1)C(=O)CN(c1ccccc1OC)S(=O)(=O)c1ccc(OC)cc1. The Hall–Kier alpha value is -4.25. The maximum atomic E-state index is 13.9. The van der Waals surface area contributed by atoms with Crippen molar-refractivity contribution in [2.45, 2.75) is 24.4 Å². The van der Waals surface area contributed by atoms with Crippen LogP contribution in [0.4, 0.5) is 5.69 Å². The number of methoxy groups -OCH3 is 3. The number of rotatable bonds is 12. The van der Waals surface area contributed by atoms with E-state index < -0.39 is 34.4 Å². The molecule has 1 N–H and O–H groups in total. The average Bonchev–Trinajstić information content (AvgIpc) is 2.97. The molecule has 0 bridgehead atoms. The first-order valence-electron chi connectivity index (χ1n) is 12.1. The van der Waals surface area contributed by atoms with Crippen LogP contribution in [0.3, 0.4) is 0 Å². The van der Waals surface area contributed by atoms with Crippen LogP contribution in [0, 0.1) is 0 Å². The van der Waals surface area contributed by atoms with Crippen LogP contribution in [0.5, 0.6) is 17.2 Å². The monoisotopic (exact) mass is 555 g/mol. The Morgan fingerprint density at radius 2 is 1.54 bits per heavy atom. The van der Waals surface area contributed by atoms with E-state index >= 15 is 0 Å². The van der Waals surface area contributed by atoms with E-state index in [2.05, 4.69) is 5.32 Å². The van der Waals surface area contributed by atoms with Gasteiger partial charge in [-0.25, -0.2) is 8.42 Å². The Morgan fingerprint density at radius 1 is 0.872 bits per heavy atom. The molecule has 0 radical (unpaired) electrons. The molecular weight excluding hydrogens is 522 g/mol. The normalized spacial score (nSPS) is 11.7. The van der Waals surface area contributed by atoms with Crippen molar-refractivity contribution in [1.82, 2.24) is 10.2 Å². The molecule has 0 unspecified atom stereocenters. The third kappa shape index (κ3) is 6.80. The third-order valence-electron chi connectivity index (χ3n) is 6.18. The van der Waals surface area contributed by atoms with E-state index in [9.17, 15) is 18.0 Å². The summed E-state index contributed by atoms with van der Waals surface area (Å²) in [6.07, 6.45) is 0. The van der Waals surface area contributed by atoms with Crippen molar-refractivity contribution in [2.24, 2.45) is 0 Å². The zero-order valence-corrected chi connectivity index (χ0v) is 23.4. The minimum absolute atomic E-state index is 0.0410. The molecular formula is C28H33N3O7S. The second kappa shape index (κ2) is 13.0. The molecule has 3 aromatic rings. The number of carbonyl (C=O) groups is 2. The fraction of sp³-hybridized carbons (Fsp3) is 0.286. The van der Waals surface area contributed by atoms with Gasteiger partial charge in [0.1, 0.15) is 29.8 Å². The molecule has 0 heterocycles. The predicted molar refractivity (Wildman–Crippen MR) is 148 cm³/mol.